The van der Waals surface area contributed by atoms with Crippen LogP contribution in [0.3, 0.4) is 0 Å². The number of hydrogen-bond acceptors (Lipinski definition) is 9. The molecule has 234 valence electrons. The number of aliphatic hydroxyl groups is 2. The topological polar surface area (TPSA) is 105 Å². The minimum atomic E-state index is -1.26. The van der Waals surface area contributed by atoms with Gasteiger partial charge in [-0.25, -0.2) is 0 Å². The van der Waals surface area contributed by atoms with E-state index in [0.29, 0.717) is 51.0 Å². The van der Waals surface area contributed by atoms with Crippen molar-refractivity contribution in [3.8, 4) is 28.7 Å². The minimum Gasteiger partial charge on any atom is -0.504 e. The second-order valence-corrected chi connectivity index (χ2v) is 9.39. The van der Waals surface area contributed by atoms with Crippen molar-refractivity contribution in [3.63, 3.8) is 0 Å². The van der Waals surface area contributed by atoms with Crippen LogP contribution in [0.1, 0.15) is 28.9 Å². The van der Waals surface area contributed by atoms with E-state index in [1.54, 1.807) is 61.7 Å². The molecule has 0 aromatic heterocycles. The molecule has 0 radical (unpaired) electrons. The van der Waals surface area contributed by atoms with Crippen molar-refractivity contribution in [2.45, 2.75) is 12.2 Å². The first-order chi connectivity index (χ1) is 21.3. The second-order valence-electron chi connectivity index (χ2n) is 9.39. The Labute approximate surface area is 258 Å². The Morgan fingerprint density at radius 3 is 1.57 bits per heavy atom. The van der Waals surface area contributed by atoms with Crippen LogP contribution in [0.25, 0.3) is 6.08 Å². The summed E-state index contributed by atoms with van der Waals surface area (Å²) in [5.41, 5.74) is 2.65. The van der Waals surface area contributed by atoms with Gasteiger partial charge in [0.1, 0.15) is 40.6 Å². The highest BCUT2D eigenvalue weighted by Gasteiger charge is 2.24. The lowest BCUT2D eigenvalue weighted by Gasteiger charge is -2.22. The van der Waals surface area contributed by atoms with Crippen LogP contribution >= 0.6 is 0 Å². The molecule has 9 nitrogen and oxygen atoms in total. The Kier molecular flexibility index (Phi) is 12.8. The van der Waals surface area contributed by atoms with E-state index in [-0.39, 0.29) is 0 Å². The van der Waals surface area contributed by atoms with Gasteiger partial charge in [-0.1, -0.05) is 24.3 Å². The monoisotopic (exact) mass is 604 g/mol. The molecule has 0 heterocycles. The van der Waals surface area contributed by atoms with Crippen molar-refractivity contribution in [1.82, 2.24) is 0 Å². The van der Waals surface area contributed by atoms with E-state index in [1.165, 1.54) is 48.9 Å². The number of allylic oxidation sites excluding steroid dienone is 2. The standard InChI is InChI=1S/C35H40O9/c1-38-15-14-33(44-7)34(35(37)26-18-30(42-5)22-31(19-26)43-6)24(11-8-23-9-12-27(39-2)13-10-23)20-32(36)25-16-28(40-3)21-29(17-25)41-4/h8-22,32,35-37H,1-7H3/b11-8+,15-14+,24-20+,34-33-. The smallest absolute Gasteiger partial charge is 0.128 e. The summed E-state index contributed by atoms with van der Waals surface area (Å²) in [5, 5.41) is 23.5. The zero-order valence-electron chi connectivity index (χ0n) is 26.1. The Morgan fingerprint density at radius 2 is 1.11 bits per heavy atom. The molecule has 0 bridgehead atoms. The van der Waals surface area contributed by atoms with Crippen LogP contribution in [0.2, 0.25) is 0 Å². The van der Waals surface area contributed by atoms with Gasteiger partial charge >= 0.3 is 0 Å². The fraction of sp³-hybridized carbons (Fsp3) is 0.257. The first kappa shape index (κ1) is 33.6. The van der Waals surface area contributed by atoms with E-state index in [0.717, 1.165) is 11.3 Å². The second kappa shape index (κ2) is 16.7. The highest BCUT2D eigenvalue weighted by Crippen LogP contribution is 2.37. The summed E-state index contributed by atoms with van der Waals surface area (Å²) in [7, 11) is 10.7. The Bertz CT molecular complexity index is 1440. The van der Waals surface area contributed by atoms with Gasteiger partial charge in [0.25, 0.3) is 0 Å². The van der Waals surface area contributed by atoms with Crippen LogP contribution in [-0.4, -0.2) is 60.0 Å². The average molecular weight is 605 g/mol. The summed E-state index contributed by atoms with van der Waals surface area (Å²) < 4.78 is 38.0. The third-order valence-corrected chi connectivity index (χ3v) is 6.74. The van der Waals surface area contributed by atoms with Crippen molar-refractivity contribution < 1.29 is 43.4 Å². The molecular weight excluding hydrogens is 564 g/mol. The van der Waals surface area contributed by atoms with E-state index in [4.69, 9.17) is 33.2 Å². The Hall–Kier alpha value is -4.86. The van der Waals surface area contributed by atoms with Gasteiger partial charge in [-0.2, -0.15) is 0 Å². The number of methoxy groups -OCH3 is 7. The Morgan fingerprint density at radius 1 is 0.614 bits per heavy atom. The van der Waals surface area contributed by atoms with Crippen LogP contribution in [0.4, 0.5) is 0 Å². The number of benzene rings is 3. The third-order valence-electron chi connectivity index (χ3n) is 6.74. The van der Waals surface area contributed by atoms with Gasteiger partial charge in [-0.3, -0.25) is 0 Å². The highest BCUT2D eigenvalue weighted by atomic mass is 16.5. The average Bonchev–Trinajstić information content (AvgIpc) is 3.07. The zero-order chi connectivity index (χ0) is 32.1. The van der Waals surface area contributed by atoms with Gasteiger partial charge in [0.15, 0.2) is 0 Å². The van der Waals surface area contributed by atoms with Crippen molar-refractivity contribution in [1.29, 1.82) is 0 Å². The van der Waals surface area contributed by atoms with Crippen LogP contribution in [0, 0.1) is 0 Å². The third kappa shape index (κ3) is 8.82. The fourth-order valence-corrected chi connectivity index (χ4v) is 4.39. The molecule has 9 heteroatoms. The fourth-order valence-electron chi connectivity index (χ4n) is 4.39. The van der Waals surface area contributed by atoms with Gasteiger partial charge in [0, 0.05) is 23.8 Å². The van der Waals surface area contributed by atoms with Crippen LogP contribution in [-0.2, 0) is 9.47 Å². The molecule has 0 saturated carbocycles. The predicted octanol–water partition coefficient (Wildman–Crippen LogP) is 6.20. The van der Waals surface area contributed by atoms with Crippen molar-refractivity contribution in [2.24, 2.45) is 0 Å². The maximum Gasteiger partial charge on any atom is 0.128 e. The van der Waals surface area contributed by atoms with E-state index < -0.39 is 12.2 Å². The van der Waals surface area contributed by atoms with Gasteiger partial charge in [-0.15, -0.1) is 0 Å². The molecule has 0 amide bonds. The summed E-state index contributed by atoms with van der Waals surface area (Å²) in [6.07, 6.45) is 5.89. The lowest BCUT2D eigenvalue weighted by Crippen LogP contribution is -2.10. The van der Waals surface area contributed by atoms with Gasteiger partial charge in [-0.05, 0) is 64.7 Å². The minimum absolute atomic E-state index is 0.294. The quantitative estimate of drug-likeness (QED) is 0.155. The van der Waals surface area contributed by atoms with Crippen LogP contribution < -0.4 is 23.7 Å². The molecule has 0 spiro atoms. The molecule has 0 aliphatic carbocycles. The maximum atomic E-state index is 12.0. The van der Waals surface area contributed by atoms with Gasteiger partial charge < -0.3 is 43.4 Å². The zero-order valence-corrected chi connectivity index (χ0v) is 26.1. The molecule has 0 saturated heterocycles. The van der Waals surface area contributed by atoms with E-state index in [1.807, 2.05) is 30.3 Å². The SMILES string of the molecule is CO/C=C/C(OC)=C(C(\C=C\c1ccc(OC)cc1)=C\C(O)c1cc(OC)cc(OC)c1)/C(O)c1cc(OC)cc(OC)c1. The molecule has 44 heavy (non-hydrogen) atoms. The lowest BCUT2D eigenvalue weighted by atomic mass is 9.90. The van der Waals surface area contributed by atoms with E-state index in [9.17, 15) is 10.2 Å². The van der Waals surface area contributed by atoms with Gasteiger partial charge in [0.05, 0.1) is 62.1 Å². The molecule has 0 aliphatic rings. The molecule has 0 fully saturated rings. The summed E-state index contributed by atoms with van der Waals surface area (Å²) in [6.45, 7) is 0. The van der Waals surface area contributed by atoms with E-state index in [2.05, 4.69) is 0 Å². The first-order valence-electron chi connectivity index (χ1n) is 13.6. The van der Waals surface area contributed by atoms with Gasteiger partial charge in [0.2, 0.25) is 0 Å². The largest absolute Gasteiger partial charge is 0.504 e. The molecule has 3 aromatic rings. The van der Waals surface area contributed by atoms with Crippen molar-refractivity contribution in [3.05, 3.63) is 119 Å². The van der Waals surface area contributed by atoms with Crippen molar-refractivity contribution in [2.75, 3.05) is 49.8 Å². The molecule has 2 unspecified atom stereocenters. The lowest BCUT2D eigenvalue weighted by molar-refractivity contribution is 0.202. The number of rotatable bonds is 15. The molecule has 0 aliphatic heterocycles. The maximum absolute atomic E-state index is 12.0. The summed E-state index contributed by atoms with van der Waals surface area (Å²) >= 11 is 0. The molecular formula is C35H40O9. The summed E-state index contributed by atoms with van der Waals surface area (Å²) in [4.78, 5) is 0. The molecule has 2 atom stereocenters. The van der Waals surface area contributed by atoms with E-state index >= 15 is 0 Å². The highest BCUT2D eigenvalue weighted by molar-refractivity contribution is 5.60. The first-order valence-corrected chi connectivity index (χ1v) is 13.6. The number of ether oxygens (including phenoxy) is 7. The molecule has 2 N–H and O–H groups in total. The molecule has 3 aromatic carbocycles. The number of aliphatic hydroxyl groups excluding tert-OH is 2. The number of hydrogen-bond donors (Lipinski definition) is 2. The normalized spacial score (nSPS) is 13.7. The van der Waals surface area contributed by atoms with Crippen LogP contribution in [0.15, 0.2) is 102 Å². The Balaban J connectivity index is 2.30. The predicted molar refractivity (Wildman–Crippen MR) is 169 cm³/mol. The summed E-state index contributed by atoms with van der Waals surface area (Å²) in [5.74, 6) is 3.03. The molecule has 3 rings (SSSR count). The van der Waals surface area contributed by atoms with Crippen LogP contribution in [0.5, 0.6) is 28.7 Å². The van der Waals surface area contributed by atoms with Crippen molar-refractivity contribution >= 4 is 6.08 Å². The summed E-state index contributed by atoms with van der Waals surface area (Å²) in [6, 6.07) is 17.7.